The van der Waals surface area contributed by atoms with Crippen LogP contribution in [0.25, 0.3) is 0 Å². The molecular weight excluding hydrogens is 112 g/mol. The van der Waals surface area contributed by atoms with Crippen molar-refractivity contribution >= 4 is 6.29 Å². The molecule has 0 aromatic rings. The van der Waals surface area contributed by atoms with Crippen LogP contribution in [-0.4, -0.2) is 6.29 Å². The highest BCUT2D eigenvalue weighted by Crippen LogP contribution is 2.50. The van der Waals surface area contributed by atoms with Crippen LogP contribution < -0.4 is 0 Å². The highest BCUT2D eigenvalue weighted by molar-refractivity contribution is 5.53. The van der Waals surface area contributed by atoms with Crippen LogP contribution in [0.3, 0.4) is 0 Å². The van der Waals surface area contributed by atoms with Gasteiger partial charge in [-0.05, 0) is 37.5 Å². The molecule has 2 rings (SSSR count). The van der Waals surface area contributed by atoms with Gasteiger partial charge in [0.15, 0.2) is 0 Å². The minimum absolute atomic E-state index is 0.425. The molecule has 2 aliphatic rings. The number of aldehydes is 1. The Morgan fingerprint density at radius 3 is 2.67 bits per heavy atom. The molecule has 0 N–H and O–H groups in total. The number of hydrogen-bond donors (Lipinski definition) is 0. The summed E-state index contributed by atoms with van der Waals surface area (Å²) in [6.07, 6.45) is 6.27. The van der Waals surface area contributed by atoms with E-state index in [1.54, 1.807) is 0 Å². The van der Waals surface area contributed by atoms with E-state index in [1.165, 1.54) is 25.7 Å². The molecule has 3 atom stereocenters. The van der Waals surface area contributed by atoms with Crippen LogP contribution in [0.4, 0.5) is 0 Å². The second-order valence-corrected chi connectivity index (χ2v) is 3.47. The Morgan fingerprint density at radius 1 is 1.11 bits per heavy atom. The third-order valence-electron chi connectivity index (χ3n) is 2.78. The highest BCUT2D eigenvalue weighted by Gasteiger charge is 2.41. The van der Waals surface area contributed by atoms with Crippen molar-refractivity contribution in [2.75, 3.05) is 0 Å². The van der Waals surface area contributed by atoms with E-state index < -0.39 is 0 Å². The fourth-order valence-corrected chi connectivity index (χ4v) is 2.01. The van der Waals surface area contributed by atoms with Crippen LogP contribution in [0.5, 0.6) is 0 Å². The van der Waals surface area contributed by atoms with E-state index in [9.17, 15) is 4.79 Å². The molecule has 0 heterocycles. The molecule has 50 valence electrons. The van der Waals surface area contributed by atoms with Crippen LogP contribution in [0.1, 0.15) is 25.7 Å². The first kappa shape index (κ1) is 5.45. The van der Waals surface area contributed by atoms with Crippen molar-refractivity contribution < 1.29 is 4.79 Å². The fraction of sp³-hybridized carbons (Fsp3) is 0.875. The largest absolute Gasteiger partial charge is 0.303 e. The van der Waals surface area contributed by atoms with Gasteiger partial charge in [-0.1, -0.05) is 0 Å². The lowest BCUT2D eigenvalue weighted by Crippen LogP contribution is -2.08. The summed E-state index contributed by atoms with van der Waals surface area (Å²) in [6, 6.07) is 0. The molecule has 0 bridgehead atoms. The molecule has 2 aliphatic carbocycles. The van der Waals surface area contributed by atoms with E-state index in [4.69, 9.17) is 0 Å². The first-order valence-corrected chi connectivity index (χ1v) is 3.85. The van der Waals surface area contributed by atoms with Gasteiger partial charge in [-0.15, -0.1) is 0 Å². The van der Waals surface area contributed by atoms with Gasteiger partial charge < -0.3 is 4.79 Å². The summed E-state index contributed by atoms with van der Waals surface area (Å²) < 4.78 is 0. The Balaban J connectivity index is 1.93. The average Bonchev–Trinajstić information content (AvgIpc) is 2.64. The third-order valence-corrected chi connectivity index (χ3v) is 2.78. The van der Waals surface area contributed by atoms with Crippen molar-refractivity contribution in [3.05, 3.63) is 0 Å². The number of rotatable bonds is 1. The Morgan fingerprint density at radius 2 is 2.00 bits per heavy atom. The van der Waals surface area contributed by atoms with Gasteiger partial charge in [0.2, 0.25) is 0 Å². The Bertz CT molecular complexity index is 131. The molecule has 0 saturated heterocycles. The molecule has 0 amide bonds. The predicted octanol–water partition coefficient (Wildman–Crippen LogP) is 1.62. The predicted molar refractivity (Wildman–Crippen MR) is 35.0 cm³/mol. The van der Waals surface area contributed by atoms with Gasteiger partial charge in [-0.3, -0.25) is 0 Å². The topological polar surface area (TPSA) is 17.1 Å². The summed E-state index contributed by atoms with van der Waals surface area (Å²) in [6.45, 7) is 0. The van der Waals surface area contributed by atoms with E-state index >= 15 is 0 Å². The molecule has 0 aromatic heterocycles. The van der Waals surface area contributed by atoms with Gasteiger partial charge in [0.05, 0.1) is 0 Å². The van der Waals surface area contributed by atoms with Crippen LogP contribution in [0.2, 0.25) is 0 Å². The molecule has 1 heteroatoms. The summed E-state index contributed by atoms with van der Waals surface area (Å²) in [4.78, 5) is 10.3. The summed E-state index contributed by atoms with van der Waals surface area (Å²) in [5, 5.41) is 0. The Kier molecular flexibility index (Phi) is 1.11. The second kappa shape index (κ2) is 1.83. The van der Waals surface area contributed by atoms with Crippen LogP contribution in [0.15, 0.2) is 0 Å². The molecule has 2 fully saturated rings. The number of carbonyl (C=O) groups is 1. The van der Waals surface area contributed by atoms with E-state index in [2.05, 4.69) is 0 Å². The van der Waals surface area contributed by atoms with Crippen molar-refractivity contribution in [1.29, 1.82) is 0 Å². The van der Waals surface area contributed by atoms with Crippen molar-refractivity contribution in [3.63, 3.8) is 0 Å². The van der Waals surface area contributed by atoms with Crippen molar-refractivity contribution in [2.45, 2.75) is 25.7 Å². The minimum atomic E-state index is 0.425. The van der Waals surface area contributed by atoms with Crippen LogP contribution in [-0.2, 0) is 4.79 Å². The zero-order chi connectivity index (χ0) is 6.27. The molecule has 9 heavy (non-hydrogen) atoms. The second-order valence-electron chi connectivity index (χ2n) is 3.47. The molecule has 0 aliphatic heterocycles. The molecule has 1 nitrogen and oxygen atoms in total. The van der Waals surface area contributed by atoms with Gasteiger partial charge in [-0.2, -0.15) is 0 Å². The molecule has 0 aromatic carbocycles. The van der Waals surface area contributed by atoms with Gasteiger partial charge in [-0.25, -0.2) is 0 Å². The Labute approximate surface area is 55.4 Å². The van der Waals surface area contributed by atoms with Crippen molar-refractivity contribution in [1.82, 2.24) is 0 Å². The number of hydrogen-bond acceptors (Lipinski definition) is 1. The maximum absolute atomic E-state index is 10.3. The van der Waals surface area contributed by atoms with Crippen molar-refractivity contribution in [2.24, 2.45) is 17.8 Å². The normalized spacial score (nSPS) is 47.8. The quantitative estimate of drug-likeness (QED) is 0.485. The summed E-state index contributed by atoms with van der Waals surface area (Å²) in [5.74, 6) is 2.41. The first-order chi connectivity index (χ1) is 4.40. The maximum Gasteiger partial charge on any atom is 0.123 e. The zero-order valence-corrected chi connectivity index (χ0v) is 5.55. The monoisotopic (exact) mass is 124 g/mol. The standard InChI is InChI=1S/C8H12O/c9-5-6-1-2-7-4-8(7)3-6/h5-8H,1-4H2/t6-,7+,8-/m1/s1. The lowest BCUT2D eigenvalue weighted by atomic mass is 9.91. The first-order valence-electron chi connectivity index (χ1n) is 3.85. The van der Waals surface area contributed by atoms with Crippen LogP contribution in [0, 0.1) is 17.8 Å². The molecule has 0 radical (unpaired) electrons. The molecule has 0 unspecified atom stereocenters. The van der Waals surface area contributed by atoms with Gasteiger partial charge in [0.1, 0.15) is 6.29 Å². The zero-order valence-electron chi connectivity index (χ0n) is 5.55. The SMILES string of the molecule is O=C[C@@H]1CC[C@H]2C[C@H]2C1. The van der Waals surface area contributed by atoms with Crippen LogP contribution >= 0.6 is 0 Å². The average molecular weight is 124 g/mol. The van der Waals surface area contributed by atoms with Crippen molar-refractivity contribution in [3.8, 4) is 0 Å². The fourth-order valence-electron chi connectivity index (χ4n) is 2.01. The third kappa shape index (κ3) is 0.887. The summed E-state index contributed by atoms with van der Waals surface area (Å²) in [7, 11) is 0. The lowest BCUT2D eigenvalue weighted by molar-refractivity contribution is -0.111. The van der Waals surface area contributed by atoms with E-state index in [0.717, 1.165) is 18.1 Å². The maximum atomic E-state index is 10.3. The number of carbonyl (C=O) groups excluding carboxylic acids is 1. The van der Waals surface area contributed by atoms with Gasteiger partial charge in [0, 0.05) is 5.92 Å². The smallest absolute Gasteiger partial charge is 0.123 e. The highest BCUT2D eigenvalue weighted by atomic mass is 16.1. The molecule has 2 saturated carbocycles. The molecule has 0 spiro atoms. The van der Waals surface area contributed by atoms with E-state index in [0.29, 0.717) is 5.92 Å². The number of fused-ring (bicyclic) bond motifs is 1. The lowest BCUT2D eigenvalue weighted by Gasteiger charge is -2.13. The van der Waals surface area contributed by atoms with Gasteiger partial charge >= 0.3 is 0 Å². The summed E-state index contributed by atoms with van der Waals surface area (Å²) in [5.41, 5.74) is 0. The van der Waals surface area contributed by atoms with E-state index in [1.807, 2.05) is 0 Å². The van der Waals surface area contributed by atoms with E-state index in [-0.39, 0.29) is 0 Å². The molecular formula is C8H12O. The summed E-state index contributed by atoms with van der Waals surface area (Å²) >= 11 is 0. The van der Waals surface area contributed by atoms with Gasteiger partial charge in [0.25, 0.3) is 0 Å². The minimum Gasteiger partial charge on any atom is -0.303 e. The Hall–Kier alpha value is -0.330.